The summed E-state index contributed by atoms with van der Waals surface area (Å²) in [6.45, 7) is 10.6. The van der Waals surface area contributed by atoms with Gasteiger partial charge in [-0.15, -0.1) is 0 Å². The van der Waals surface area contributed by atoms with Crippen LogP contribution in [0.4, 0.5) is 0 Å². The van der Waals surface area contributed by atoms with Crippen molar-refractivity contribution in [2.24, 2.45) is 5.92 Å². The molecule has 9 nitrogen and oxygen atoms in total. The summed E-state index contributed by atoms with van der Waals surface area (Å²) in [4.78, 5) is 34.7. The normalized spacial score (nSPS) is 16.0. The smallest absolute Gasteiger partial charge is 0.293 e. The van der Waals surface area contributed by atoms with E-state index in [1.54, 1.807) is 6.20 Å². The van der Waals surface area contributed by atoms with Crippen molar-refractivity contribution in [1.82, 2.24) is 25.6 Å². The van der Waals surface area contributed by atoms with Crippen LogP contribution in [0.25, 0.3) is 22.3 Å². The van der Waals surface area contributed by atoms with Crippen LogP contribution in [0.2, 0.25) is 0 Å². The quantitative estimate of drug-likeness (QED) is 0.411. The maximum atomic E-state index is 12.9. The second-order valence-electron chi connectivity index (χ2n) is 10.7. The first kappa shape index (κ1) is 26.6. The zero-order valence-electron chi connectivity index (χ0n) is 22.1. The highest BCUT2D eigenvalue weighted by molar-refractivity contribution is 6.08. The molecule has 1 saturated carbocycles. The van der Waals surface area contributed by atoms with Crippen LogP contribution in [0.15, 0.2) is 30.7 Å². The predicted molar refractivity (Wildman–Crippen MR) is 143 cm³/mol. The molecular weight excluding hydrogens is 470 g/mol. The summed E-state index contributed by atoms with van der Waals surface area (Å²) in [6.07, 6.45) is 7.63. The van der Waals surface area contributed by atoms with Gasteiger partial charge in [-0.25, -0.2) is 9.97 Å². The Balaban J connectivity index is 0.000000405. The number of piperidine rings is 1. The van der Waals surface area contributed by atoms with Crippen LogP contribution in [-0.4, -0.2) is 58.7 Å². The SMILES string of the molecule is CC(C)(C)OC=O.Cc1ccc(OCC2CC2)c(-c2ncnc3c(C(=O)NC4CCNCC4)c[nH]c23)c1. The fourth-order valence-electron chi connectivity index (χ4n) is 4.14. The number of hydrogen-bond acceptors (Lipinski definition) is 7. The molecule has 0 spiro atoms. The third kappa shape index (κ3) is 7.29. The number of rotatable bonds is 7. The van der Waals surface area contributed by atoms with Crippen LogP contribution in [0, 0.1) is 12.8 Å². The third-order valence-electron chi connectivity index (χ3n) is 6.35. The molecule has 1 aliphatic carbocycles. The number of H-pyrrole nitrogens is 1. The summed E-state index contributed by atoms with van der Waals surface area (Å²) < 4.78 is 10.7. The van der Waals surface area contributed by atoms with Gasteiger partial charge in [-0.3, -0.25) is 9.59 Å². The van der Waals surface area contributed by atoms with Gasteiger partial charge in [0.05, 0.1) is 17.7 Å². The molecule has 0 radical (unpaired) electrons. The second kappa shape index (κ2) is 11.7. The lowest BCUT2D eigenvalue weighted by molar-refractivity contribution is -0.138. The number of amides is 1. The molecule has 1 amide bonds. The average Bonchev–Trinajstić information content (AvgIpc) is 3.59. The Labute approximate surface area is 217 Å². The van der Waals surface area contributed by atoms with E-state index in [1.165, 1.54) is 19.2 Å². The first-order chi connectivity index (χ1) is 17.7. The number of ether oxygens (including phenoxy) is 2. The summed E-state index contributed by atoms with van der Waals surface area (Å²) in [7, 11) is 0. The van der Waals surface area contributed by atoms with Gasteiger partial charge in [-0.05, 0) is 84.5 Å². The van der Waals surface area contributed by atoms with Crippen molar-refractivity contribution in [2.75, 3.05) is 19.7 Å². The van der Waals surface area contributed by atoms with Gasteiger partial charge in [0, 0.05) is 17.8 Å². The third-order valence-corrected chi connectivity index (χ3v) is 6.35. The topological polar surface area (TPSA) is 118 Å². The first-order valence-corrected chi connectivity index (χ1v) is 12.9. The van der Waals surface area contributed by atoms with Crippen molar-refractivity contribution < 1.29 is 19.1 Å². The molecule has 9 heteroatoms. The van der Waals surface area contributed by atoms with Gasteiger partial charge in [0.15, 0.2) is 0 Å². The van der Waals surface area contributed by atoms with Gasteiger partial charge in [-0.1, -0.05) is 11.6 Å². The Morgan fingerprint density at radius 2 is 1.92 bits per heavy atom. The van der Waals surface area contributed by atoms with Crippen LogP contribution in [-0.2, 0) is 9.53 Å². The maximum Gasteiger partial charge on any atom is 0.293 e. The van der Waals surface area contributed by atoms with Crippen LogP contribution in [0.5, 0.6) is 5.75 Å². The number of fused-ring (bicyclic) bond motifs is 1. The average molecular weight is 508 g/mol. The summed E-state index contributed by atoms with van der Waals surface area (Å²) in [5.41, 5.74) is 4.45. The molecule has 1 saturated heterocycles. The Bertz CT molecular complexity index is 1220. The molecule has 1 aliphatic heterocycles. The van der Waals surface area contributed by atoms with Crippen LogP contribution in [0.1, 0.15) is 62.4 Å². The van der Waals surface area contributed by atoms with Crippen molar-refractivity contribution >= 4 is 23.4 Å². The van der Waals surface area contributed by atoms with E-state index in [0.29, 0.717) is 23.5 Å². The monoisotopic (exact) mass is 507 g/mol. The highest BCUT2D eigenvalue weighted by Crippen LogP contribution is 2.36. The molecule has 1 aromatic carbocycles. The highest BCUT2D eigenvalue weighted by atomic mass is 16.5. The first-order valence-electron chi connectivity index (χ1n) is 12.9. The Hall–Kier alpha value is -3.46. The molecule has 3 heterocycles. The number of carbonyl (C=O) groups excluding carboxylic acids is 2. The van der Waals surface area contributed by atoms with Crippen LogP contribution >= 0.6 is 0 Å². The second-order valence-corrected chi connectivity index (χ2v) is 10.7. The summed E-state index contributed by atoms with van der Waals surface area (Å²) in [5, 5.41) is 6.47. The fourth-order valence-corrected chi connectivity index (χ4v) is 4.14. The van der Waals surface area contributed by atoms with Gasteiger partial charge in [0.1, 0.15) is 28.9 Å². The number of aromatic amines is 1. The summed E-state index contributed by atoms with van der Waals surface area (Å²) >= 11 is 0. The van der Waals surface area contributed by atoms with Gasteiger partial charge in [0.25, 0.3) is 12.4 Å². The molecule has 37 heavy (non-hydrogen) atoms. The number of hydrogen-bond donors (Lipinski definition) is 3. The lowest BCUT2D eigenvalue weighted by Crippen LogP contribution is -2.42. The molecule has 0 bridgehead atoms. The van der Waals surface area contributed by atoms with E-state index in [4.69, 9.17) is 4.74 Å². The van der Waals surface area contributed by atoms with Gasteiger partial charge in [0.2, 0.25) is 0 Å². The summed E-state index contributed by atoms with van der Waals surface area (Å²) in [6, 6.07) is 6.34. The molecule has 5 rings (SSSR count). The highest BCUT2D eigenvalue weighted by Gasteiger charge is 2.24. The zero-order valence-corrected chi connectivity index (χ0v) is 22.1. The van der Waals surface area contributed by atoms with E-state index >= 15 is 0 Å². The fraction of sp³-hybridized carbons (Fsp3) is 0.500. The minimum Gasteiger partial charge on any atom is -0.493 e. The van der Waals surface area contributed by atoms with Crippen molar-refractivity contribution in [3.63, 3.8) is 0 Å². The zero-order chi connectivity index (χ0) is 26.4. The lowest BCUT2D eigenvalue weighted by atomic mass is 10.0. The minimum absolute atomic E-state index is 0.0905. The Kier molecular flexibility index (Phi) is 8.43. The molecule has 2 fully saturated rings. The van der Waals surface area contributed by atoms with E-state index in [1.807, 2.05) is 26.8 Å². The molecule has 198 valence electrons. The van der Waals surface area contributed by atoms with Crippen molar-refractivity contribution in [3.05, 3.63) is 41.9 Å². The number of nitrogens with one attached hydrogen (secondary N) is 3. The number of benzene rings is 1. The predicted octanol–water partition coefficient (Wildman–Crippen LogP) is 4.16. The van der Waals surface area contributed by atoms with Crippen LogP contribution in [0.3, 0.4) is 0 Å². The molecule has 0 unspecified atom stereocenters. The standard InChI is InChI=1S/C23H27N5O2.C5H10O2/c1-14-2-5-19(30-12-15-3-4-15)17(10-14)20-22-21(27-13-26-20)18(11-25-22)23(29)28-16-6-8-24-9-7-16;1-5(2,3)7-4-6/h2,5,10-11,13,15-16,24-25H,3-4,6-9,12H2,1H3,(H,28,29);4H,1-3H3. The molecule has 2 aliphatic rings. The van der Waals surface area contributed by atoms with E-state index in [9.17, 15) is 9.59 Å². The van der Waals surface area contributed by atoms with Crippen molar-refractivity contribution in [1.29, 1.82) is 0 Å². The van der Waals surface area contributed by atoms with Crippen LogP contribution < -0.4 is 15.4 Å². The van der Waals surface area contributed by atoms with E-state index in [0.717, 1.165) is 60.6 Å². The maximum absolute atomic E-state index is 12.9. The number of nitrogens with zero attached hydrogens (tertiary/aromatic N) is 2. The molecule has 3 aromatic rings. The number of carbonyl (C=O) groups is 2. The number of aromatic nitrogens is 3. The molecule has 2 aromatic heterocycles. The van der Waals surface area contributed by atoms with Crippen molar-refractivity contribution in [2.45, 2.75) is 65.0 Å². The largest absolute Gasteiger partial charge is 0.493 e. The Morgan fingerprint density at radius 3 is 2.57 bits per heavy atom. The lowest BCUT2D eigenvalue weighted by Gasteiger charge is -2.23. The Morgan fingerprint density at radius 1 is 1.16 bits per heavy atom. The van der Waals surface area contributed by atoms with Crippen molar-refractivity contribution in [3.8, 4) is 17.0 Å². The molecular formula is C28H37N5O4. The molecule has 0 atom stereocenters. The van der Waals surface area contributed by atoms with Gasteiger partial charge < -0.3 is 25.1 Å². The van der Waals surface area contributed by atoms with Gasteiger partial charge >= 0.3 is 0 Å². The summed E-state index contributed by atoms with van der Waals surface area (Å²) in [5.74, 6) is 1.40. The molecule has 3 N–H and O–H groups in total. The minimum atomic E-state index is -0.318. The van der Waals surface area contributed by atoms with E-state index in [2.05, 4.69) is 49.4 Å². The van der Waals surface area contributed by atoms with E-state index in [-0.39, 0.29) is 17.6 Å². The van der Waals surface area contributed by atoms with E-state index < -0.39 is 0 Å². The van der Waals surface area contributed by atoms with Gasteiger partial charge in [-0.2, -0.15) is 0 Å². The number of aryl methyl sites for hydroxylation is 1.